The molecule has 0 atom stereocenters. The molecule has 1 aliphatic rings. The summed E-state index contributed by atoms with van der Waals surface area (Å²) < 4.78 is 0. The summed E-state index contributed by atoms with van der Waals surface area (Å²) in [6.45, 7) is 13.7. The molecule has 8 nitrogen and oxygen atoms in total. The molecule has 1 aliphatic heterocycles. The van der Waals surface area contributed by atoms with Crippen molar-refractivity contribution in [2.45, 2.75) is 63.2 Å². The van der Waals surface area contributed by atoms with Crippen molar-refractivity contribution < 1.29 is 11.0 Å². The number of nitrogens with one attached hydrogen (secondary N) is 4. The molecular formula is C36H42N6O2. The summed E-state index contributed by atoms with van der Waals surface area (Å²) in [5.41, 5.74) is 10.0. The molecule has 0 saturated heterocycles. The SMILES string of the molecule is CC1(C)c2ccc([nH]2)C(C)(c2ccncc2)c2ccc([nH]2)C(C)(C)c2ccc([nH]2)C(C)(c2ccncc2)c2ccc1[nH]2.O.O. The number of rotatable bonds is 2. The maximum absolute atomic E-state index is 4.32. The van der Waals surface area contributed by atoms with Crippen LogP contribution in [0.3, 0.4) is 0 Å². The van der Waals surface area contributed by atoms with Crippen LogP contribution in [0.25, 0.3) is 0 Å². The second-order valence-corrected chi connectivity index (χ2v) is 13.1. The van der Waals surface area contributed by atoms with Crippen molar-refractivity contribution in [3.8, 4) is 0 Å². The highest BCUT2D eigenvalue weighted by Crippen LogP contribution is 2.44. The van der Waals surface area contributed by atoms with E-state index in [9.17, 15) is 0 Å². The second kappa shape index (κ2) is 10.5. The lowest BCUT2D eigenvalue weighted by molar-refractivity contribution is 0.562. The van der Waals surface area contributed by atoms with Crippen molar-refractivity contribution in [1.82, 2.24) is 29.9 Å². The molecule has 0 spiro atoms. The van der Waals surface area contributed by atoms with E-state index < -0.39 is 10.8 Å². The van der Waals surface area contributed by atoms with Crippen LogP contribution in [-0.4, -0.2) is 40.9 Å². The maximum Gasteiger partial charge on any atom is 0.0724 e. The second-order valence-electron chi connectivity index (χ2n) is 13.1. The van der Waals surface area contributed by atoms with Gasteiger partial charge in [-0.05, 0) is 125 Å². The van der Waals surface area contributed by atoms with Crippen LogP contribution in [0.15, 0.2) is 97.6 Å². The lowest BCUT2D eigenvalue weighted by Gasteiger charge is -2.32. The standard InChI is InChI=1S/C36H38N6.2H2O/c1-33(2)25-7-11-29(39-25)35(5,23-15-19-37-20-16-23)31-13-9-27(41-31)34(3,4)28-10-14-32(42-28)36(6,24-17-21-38-22-18-24)30-12-8-26(33)40-30;;/h7-22,39-42H,1-6H3;2*1H2. The number of hydrogen-bond donors (Lipinski definition) is 4. The first kappa shape index (κ1) is 30.8. The van der Waals surface area contributed by atoms with Crippen LogP contribution in [0.4, 0.5) is 0 Å². The predicted molar refractivity (Wildman–Crippen MR) is 174 cm³/mol. The quantitative estimate of drug-likeness (QED) is 0.201. The van der Waals surface area contributed by atoms with Gasteiger partial charge in [0.1, 0.15) is 0 Å². The molecule has 8 bridgehead atoms. The molecule has 6 aromatic rings. The minimum absolute atomic E-state index is 0. The molecule has 0 fully saturated rings. The van der Waals surface area contributed by atoms with Crippen LogP contribution >= 0.6 is 0 Å². The highest BCUT2D eigenvalue weighted by atomic mass is 16.0. The highest BCUT2D eigenvalue weighted by Gasteiger charge is 2.40. The molecule has 7 heterocycles. The Labute approximate surface area is 258 Å². The number of aromatic amines is 4. The van der Waals surface area contributed by atoms with Crippen molar-refractivity contribution in [2.24, 2.45) is 0 Å². The van der Waals surface area contributed by atoms with Crippen molar-refractivity contribution in [3.05, 3.63) is 154 Å². The van der Waals surface area contributed by atoms with Crippen molar-refractivity contribution >= 4 is 0 Å². The zero-order valence-electron chi connectivity index (χ0n) is 26.1. The van der Waals surface area contributed by atoms with Crippen LogP contribution in [0.1, 0.15) is 98.2 Å². The predicted octanol–water partition coefficient (Wildman–Crippen LogP) is 5.81. The van der Waals surface area contributed by atoms with Crippen molar-refractivity contribution in [1.29, 1.82) is 0 Å². The first-order valence-electron chi connectivity index (χ1n) is 14.7. The van der Waals surface area contributed by atoms with Gasteiger partial charge in [0.05, 0.1) is 10.8 Å². The van der Waals surface area contributed by atoms with Crippen molar-refractivity contribution in [3.63, 3.8) is 0 Å². The number of nitrogens with zero attached hydrogens (tertiary/aromatic N) is 2. The van der Waals surface area contributed by atoms with Gasteiger partial charge in [0.15, 0.2) is 0 Å². The molecular weight excluding hydrogens is 548 g/mol. The summed E-state index contributed by atoms with van der Waals surface area (Å²) in [6, 6.07) is 26.4. The van der Waals surface area contributed by atoms with Gasteiger partial charge < -0.3 is 30.9 Å². The molecule has 6 aromatic heterocycles. The van der Waals surface area contributed by atoms with Crippen LogP contribution in [0.5, 0.6) is 0 Å². The van der Waals surface area contributed by atoms with E-state index in [0.29, 0.717) is 0 Å². The topological polar surface area (TPSA) is 152 Å². The van der Waals surface area contributed by atoms with Gasteiger partial charge in [-0.1, -0.05) is 0 Å². The van der Waals surface area contributed by atoms with Crippen LogP contribution in [-0.2, 0) is 21.7 Å². The monoisotopic (exact) mass is 590 g/mol. The van der Waals surface area contributed by atoms with Gasteiger partial charge in [0.2, 0.25) is 0 Å². The van der Waals surface area contributed by atoms with Gasteiger partial charge in [-0.25, -0.2) is 0 Å². The molecule has 0 aromatic carbocycles. The molecule has 7 rings (SSSR count). The Kier molecular flexibility index (Phi) is 7.35. The Morgan fingerprint density at radius 2 is 0.591 bits per heavy atom. The van der Waals surface area contributed by atoms with Gasteiger partial charge in [0.25, 0.3) is 0 Å². The first-order chi connectivity index (χ1) is 20.1. The van der Waals surface area contributed by atoms with Crippen LogP contribution < -0.4 is 0 Å². The number of pyridine rings is 2. The Morgan fingerprint density at radius 1 is 0.364 bits per heavy atom. The minimum atomic E-state index is -0.440. The number of fused-ring (bicyclic) bond motifs is 8. The van der Waals surface area contributed by atoms with E-state index in [0.717, 1.165) is 45.6 Å². The van der Waals surface area contributed by atoms with Crippen LogP contribution in [0, 0.1) is 0 Å². The molecule has 0 aliphatic carbocycles. The summed E-state index contributed by atoms with van der Waals surface area (Å²) in [7, 11) is 0. The van der Waals surface area contributed by atoms with E-state index in [1.807, 2.05) is 24.8 Å². The van der Waals surface area contributed by atoms with Gasteiger partial charge in [0, 0.05) is 81.2 Å². The molecule has 44 heavy (non-hydrogen) atoms. The number of H-pyrrole nitrogens is 4. The van der Waals surface area contributed by atoms with Gasteiger partial charge in [-0.3, -0.25) is 9.97 Å². The van der Waals surface area contributed by atoms with E-state index in [1.165, 1.54) is 11.1 Å². The van der Waals surface area contributed by atoms with E-state index >= 15 is 0 Å². The zero-order chi connectivity index (χ0) is 29.3. The fourth-order valence-electron chi connectivity index (χ4n) is 6.78. The summed E-state index contributed by atoms with van der Waals surface area (Å²) in [4.78, 5) is 24.1. The van der Waals surface area contributed by atoms with Gasteiger partial charge in [-0.15, -0.1) is 0 Å². The first-order valence-corrected chi connectivity index (χ1v) is 14.7. The van der Waals surface area contributed by atoms with E-state index in [-0.39, 0.29) is 21.8 Å². The van der Waals surface area contributed by atoms with Crippen LogP contribution in [0.2, 0.25) is 0 Å². The summed E-state index contributed by atoms with van der Waals surface area (Å²) in [6.07, 6.45) is 7.51. The molecule has 8 N–H and O–H groups in total. The Hall–Kier alpha value is -4.66. The Bertz CT molecular complexity index is 1650. The third-order valence-corrected chi connectivity index (χ3v) is 10.1. The molecule has 228 valence electrons. The fourth-order valence-corrected chi connectivity index (χ4v) is 6.78. The average Bonchev–Trinajstić information content (AvgIpc) is 3.83. The Morgan fingerprint density at radius 3 is 0.841 bits per heavy atom. The molecule has 8 heteroatoms. The Balaban J connectivity index is 0.00000192. The smallest absolute Gasteiger partial charge is 0.0724 e. The number of hydrogen-bond acceptors (Lipinski definition) is 2. The third-order valence-electron chi connectivity index (χ3n) is 10.1. The largest absolute Gasteiger partial charge is 0.412 e. The summed E-state index contributed by atoms with van der Waals surface area (Å²) in [5.74, 6) is 0. The zero-order valence-corrected chi connectivity index (χ0v) is 26.1. The highest BCUT2D eigenvalue weighted by molar-refractivity contribution is 5.51. The number of aromatic nitrogens is 6. The van der Waals surface area contributed by atoms with E-state index in [4.69, 9.17) is 0 Å². The van der Waals surface area contributed by atoms with Gasteiger partial charge in [-0.2, -0.15) is 0 Å². The summed E-state index contributed by atoms with van der Waals surface area (Å²) >= 11 is 0. The minimum Gasteiger partial charge on any atom is -0.412 e. The van der Waals surface area contributed by atoms with Gasteiger partial charge >= 0.3 is 0 Å². The van der Waals surface area contributed by atoms with Crippen molar-refractivity contribution in [2.75, 3.05) is 0 Å². The van der Waals surface area contributed by atoms with E-state index in [1.54, 1.807) is 0 Å². The lowest BCUT2D eigenvalue weighted by atomic mass is 9.77. The molecule has 0 radical (unpaired) electrons. The lowest BCUT2D eigenvalue weighted by Crippen LogP contribution is -2.29. The average molecular weight is 591 g/mol. The van der Waals surface area contributed by atoms with E-state index in [2.05, 4.69) is 144 Å². The molecule has 0 amide bonds. The normalized spacial score (nSPS) is 21.6. The maximum atomic E-state index is 4.32. The summed E-state index contributed by atoms with van der Waals surface area (Å²) in [5, 5.41) is 0. The molecule has 0 unspecified atom stereocenters. The third kappa shape index (κ3) is 4.28. The molecule has 0 saturated carbocycles. The fraction of sp³-hybridized carbons (Fsp3) is 0.278.